The molecule has 0 aromatic rings. The van der Waals surface area contributed by atoms with Gasteiger partial charge < -0.3 is 24.4 Å². The molecule has 20 heavy (non-hydrogen) atoms. The topological polar surface area (TPSA) is 96.3 Å². The number of rotatable bonds is 3. The lowest BCUT2D eigenvalue weighted by Gasteiger charge is -2.32. The van der Waals surface area contributed by atoms with E-state index in [1.807, 2.05) is 13.8 Å². The Hall–Kier alpha value is -1.36. The Morgan fingerprint density at radius 3 is 2.65 bits per heavy atom. The van der Waals surface area contributed by atoms with Crippen molar-refractivity contribution < 1.29 is 24.4 Å². The minimum Gasteiger partial charge on any atom is -0.475 e. The summed E-state index contributed by atoms with van der Waals surface area (Å²) in [6.07, 6.45) is 0.611. The zero-order valence-corrected chi connectivity index (χ0v) is 12.0. The minimum absolute atomic E-state index is 0.0977. The molecule has 1 saturated carbocycles. The Kier molecular flexibility index (Phi) is 3.91. The molecular formula is C13H21N2O5+. The van der Waals surface area contributed by atoms with Gasteiger partial charge in [-0.15, -0.1) is 0 Å². The predicted octanol–water partition coefficient (Wildman–Crippen LogP) is 2.04. The molecule has 0 unspecified atom stereocenters. The van der Waals surface area contributed by atoms with E-state index in [1.54, 1.807) is 6.92 Å². The van der Waals surface area contributed by atoms with Gasteiger partial charge in [-0.3, -0.25) is 0 Å². The Morgan fingerprint density at radius 1 is 1.40 bits per heavy atom. The molecule has 1 saturated heterocycles. The maximum absolute atomic E-state index is 10.7. The number of diazo groups is 1. The highest BCUT2D eigenvalue weighted by Gasteiger charge is 2.56. The lowest BCUT2D eigenvalue weighted by Crippen LogP contribution is -2.44. The third-order valence-electron chi connectivity index (χ3n) is 3.69. The van der Waals surface area contributed by atoms with Crippen LogP contribution in [0.15, 0.2) is 11.6 Å². The van der Waals surface area contributed by atoms with E-state index in [1.165, 1.54) is 0 Å². The Bertz CT molecular complexity index is 456. The molecule has 7 heteroatoms. The van der Waals surface area contributed by atoms with Crippen molar-refractivity contribution in [1.29, 1.82) is 5.39 Å². The summed E-state index contributed by atoms with van der Waals surface area (Å²) >= 11 is 0. The second kappa shape index (κ2) is 5.20. The summed E-state index contributed by atoms with van der Waals surface area (Å²) in [7, 11) is 0. The zero-order chi connectivity index (χ0) is 15.0. The summed E-state index contributed by atoms with van der Waals surface area (Å²) in [5.41, 5.74) is -1.75. The number of fused-ring (bicyclic) bond motifs is 1. The molecule has 0 spiro atoms. The lowest BCUT2D eigenvalue weighted by atomic mass is 9.79. The number of hydrogen-bond donors (Lipinski definition) is 2. The Balaban J connectivity index is 2.21. The van der Waals surface area contributed by atoms with E-state index < -0.39 is 17.3 Å². The van der Waals surface area contributed by atoms with Crippen LogP contribution in [0.25, 0.3) is 4.98 Å². The van der Waals surface area contributed by atoms with Gasteiger partial charge in [0.05, 0.1) is 18.8 Å². The zero-order valence-electron chi connectivity index (χ0n) is 12.0. The molecule has 1 heterocycles. The average molecular weight is 285 g/mol. The molecule has 7 nitrogen and oxygen atoms in total. The molecular weight excluding hydrogens is 264 g/mol. The molecule has 2 N–H and O–H groups in total. The van der Waals surface area contributed by atoms with Crippen molar-refractivity contribution in [3.05, 3.63) is 16.6 Å². The third kappa shape index (κ3) is 2.73. The smallest absolute Gasteiger partial charge is 0.471 e. The highest BCUT2D eigenvalue weighted by molar-refractivity contribution is 5.25. The number of nitrogens with zero attached hydrogens (tertiary/aromatic N) is 2. The van der Waals surface area contributed by atoms with Gasteiger partial charge in [0.2, 0.25) is 5.39 Å². The molecule has 0 bridgehead atoms. The first-order valence-corrected chi connectivity index (χ1v) is 6.81. The quantitative estimate of drug-likeness (QED) is 0.608. The van der Waals surface area contributed by atoms with Crippen molar-refractivity contribution in [3.8, 4) is 0 Å². The highest BCUT2D eigenvalue weighted by atomic mass is 16.8. The molecule has 1 aliphatic heterocycles. The maximum atomic E-state index is 10.7. The predicted molar refractivity (Wildman–Crippen MR) is 69.0 cm³/mol. The fourth-order valence-corrected chi connectivity index (χ4v) is 2.90. The summed E-state index contributed by atoms with van der Waals surface area (Å²) in [6, 6.07) is 0. The summed E-state index contributed by atoms with van der Waals surface area (Å²) < 4.78 is 16.4. The second-order valence-electron chi connectivity index (χ2n) is 5.67. The van der Waals surface area contributed by atoms with Crippen LogP contribution < -0.4 is 0 Å². The number of hydrogen-bond acceptors (Lipinski definition) is 6. The van der Waals surface area contributed by atoms with Crippen LogP contribution in [0.1, 0.15) is 40.0 Å². The van der Waals surface area contributed by atoms with Gasteiger partial charge in [-0.2, -0.15) is 0 Å². The summed E-state index contributed by atoms with van der Waals surface area (Å²) in [5, 5.41) is 29.5. The molecule has 112 valence electrons. The van der Waals surface area contributed by atoms with E-state index >= 15 is 0 Å². The normalized spacial score (nSPS) is 36.8. The van der Waals surface area contributed by atoms with Crippen LogP contribution in [-0.4, -0.2) is 40.4 Å². The molecule has 0 amide bonds. The monoisotopic (exact) mass is 285 g/mol. The van der Waals surface area contributed by atoms with Crippen LogP contribution in [0.2, 0.25) is 0 Å². The van der Waals surface area contributed by atoms with E-state index in [0.717, 1.165) is 0 Å². The molecule has 1 aliphatic carbocycles. The number of aliphatic hydroxyl groups is 2. The summed E-state index contributed by atoms with van der Waals surface area (Å²) in [4.78, 5) is 3.01. The van der Waals surface area contributed by atoms with Gasteiger partial charge in [-0.1, -0.05) is 0 Å². The Morgan fingerprint density at radius 2 is 2.05 bits per heavy atom. The van der Waals surface area contributed by atoms with Crippen molar-refractivity contribution >= 4 is 0 Å². The van der Waals surface area contributed by atoms with Crippen molar-refractivity contribution in [1.82, 2.24) is 0 Å². The summed E-state index contributed by atoms with van der Waals surface area (Å²) in [6.45, 7) is 5.52. The molecule has 0 aromatic heterocycles. The van der Waals surface area contributed by atoms with Crippen LogP contribution in [-0.2, 0) is 14.2 Å². The molecule has 0 aromatic carbocycles. The van der Waals surface area contributed by atoms with Gasteiger partial charge in [0.1, 0.15) is 0 Å². The first kappa shape index (κ1) is 15.0. The van der Waals surface area contributed by atoms with Crippen molar-refractivity contribution in [2.24, 2.45) is 0 Å². The van der Waals surface area contributed by atoms with Gasteiger partial charge >= 0.3 is 11.6 Å². The van der Waals surface area contributed by atoms with Crippen molar-refractivity contribution in [2.75, 3.05) is 6.61 Å². The number of aliphatic hydroxyl groups excluding tert-OH is 1. The van der Waals surface area contributed by atoms with Crippen LogP contribution in [0.5, 0.6) is 0 Å². The van der Waals surface area contributed by atoms with Crippen molar-refractivity contribution in [3.63, 3.8) is 0 Å². The average Bonchev–Trinajstić information content (AvgIpc) is 2.63. The minimum atomic E-state index is -1.49. The van der Waals surface area contributed by atoms with E-state index in [9.17, 15) is 10.2 Å². The molecule has 2 fully saturated rings. The van der Waals surface area contributed by atoms with E-state index in [2.05, 4.69) is 4.98 Å². The van der Waals surface area contributed by atoms with Gasteiger partial charge in [-0.05, 0) is 33.6 Å². The largest absolute Gasteiger partial charge is 0.475 e. The molecule has 3 atom stereocenters. The number of ether oxygens (including phenoxy) is 3. The molecule has 2 rings (SSSR count). The van der Waals surface area contributed by atoms with Crippen LogP contribution >= 0.6 is 0 Å². The van der Waals surface area contributed by atoms with Gasteiger partial charge in [-0.25, -0.2) is 0 Å². The standard InChI is InChI=1S/C13H20N2O5/c1-4-18-11(16)10(15-14)13(17)6-5-8-9(7-13)20-12(2,3)19-8/h8-9,17H,4-7H2,1-3H3/p+1/b11-10-/t8-,9+,13-/m0/s1. The van der Waals surface area contributed by atoms with Crippen LogP contribution in [0, 0.1) is 5.39 Å². The Labute approximate surface area is 117 Å². The lowest BCUT2D eigenvalue weighted by molar-refractivity contribution is -0.146. The van der Waals surface area contributed by atoms with Gasteiger partial charge in [0, 0.05) is 6.42 Å². The fourth-order valence-electron chi connectivity index (χ4n) is 2.90. The van der Waals surface area contributed by atoms with Crippen molar-refractivity contribution in [2.45, 2.75) is 63.6 Å². The van der Waals surface area contributed by atoms with Crippen LogP contribution in [0.3, 0.4) is 0 Å². The van der Waals surface area contributed by atoms with E-state index in [0.29, 0.717) is 12.8 Å². The van der Waals surface area contributed by atoms with E-state index in [-0.39, 0.29) is 30.9 Å². The van der Waals surface area contributed by atoms with E-state index in [4.69, 9.17) is 19.6 Å². The molecule has 0 radical (unpaired) electrons. The fraction of sp³-hybridized carbons (Fsp3) is 0.846. The second-order valence-corrected chi connectivity index (χ2v) is 5.67. The SMILES string of the molecule is CCO/C(O)=C(\[N+]#N)[C@]1(O)CC[C@@H]2OC(C)(C)O[C@@H]2C1. The van der Waals surface area contributed by atoms with Crippen LogP contribution in [0.4, 0.5) is 0 Å². The van der Waals surface area contributed by atoms with Gasteiger partial charge in [0.15, 0.2) is 16.4 Å². The first-order valence-electron chi connectivity index (χ1n) is 6.81. The van der Waals surface area contributed by atoms with Gasteiger partial charge in [0.25, 0.3) is 0 Å². The first-order chi connectivity index (χ1) is 9.31. The molecule has 2 aliphatic rings. The third-order valence-corrected chi connectivity index (χ3v) is 3.69. The highest BCUT2D eigenvalue weighted by Crippen LogP contribution is 2.44. The summed E-state index contributed by atoms with van der Waals surface area (Å²) in [5.74, 6) is -1.25. The maximum Gasteiger partial charge on any atom is 0.471 e.